The van der Waals surface area contributed by atoms with Gasteiger partial charge < -0.3 is 5.41 Å². The molecule has 0 saturated carbocycles. The van der Waals surface area contributed by atoms with E-state index in [1.165, 1.54) is 0 Å². The third-order valence-corrected chi connectivity index (χ3v) is 3.45. The molecule has 0 fully saturated rings. The van der Waals surface area contributed by atoms with Gasteiger partial charge in [-0.3, -0.25) is 4.79 Å². The van der Waals surface area contributed by atoms with Crippen LogP contribution >= 0.6 is 0 Å². The molecule has 0 bridgehead atoms. The van der Waals surface area contributed by atoms with Gasteiger partial charge in [-0.2, -0.15) is 5.26 Å². The molecule has 0 radical (unpaired) electrons. The molecule has 2 unspecified atom stereocenters. The molecule has 0 aromatic heterocycles. The number of Topliss-reactive ketones (excluding diaryl/α,β-unsaturated/α-hetero) is 1. The van der Waals surface area contributed by atoms with Crippen LogP contribution < -0.4 is 0 Å². The fourth-order valence-electron chi connectivity index (χ4n) is 2.12. The fourth-order valence-corrected chi connectivity index (χ4v) is 2.12. The van der Waals surface area contributed by atoms with Gasteiger partial charge in [0, 0.05) is 17.5 Å². The molecule has 3 nitrogen and oxygen atoms in total. The van der Waals surface area contributed by atoms with Gasteiger partial charge in [0.15, 0.2) is 5.78 Å². The van der Waals surface area contributed by atoms with Crippen molar-refractivity contribution in [2.24, 2.45) is 11.3 Å². The number of hydrogen-bond donors (Lipinski definition) is 1. The molecule has 3 heteroatoms. The van der Waals surface area contributed by atoms with E-state index in [9.17, 15) is 4.79 Å². The van der Waals surface area contributed by atoms with Crippen LogP contribution in [0.1, 0.15) is 33.6 Å². The number of allylic oxidation sites excluding steroid dienone is 2. The largest absolute Gasteiger partial charge is 0.309 e. The lowest BCUT2D eigenvalue weighted by Crippen LogP contribution is -2.37. The quantitative estimate of drug-likeness (QED) is 0.702. The molecule has 0 aromatic carbocycles. The van der Waals surface area contributed by atoms with Crippen molar-refractivity contribution in [1.82, 2.24) is 0 Å². The maximum atomic E-state index is 11.5. The number of rotatable bonds is 2. The highest BCUT2D eigenvalue weighted by Gasteiger charge is 2.39. The summed E-state index contributed by atoms with van der Waals surface area (Å²) >= 11 is 0. The van der Waals surface area contributed by atoms with E-state index < -0.39 is 5.41 Å². The Kier molecular flexibility index (Phi) is 3.09. The van der Waals surface area contributed by atoms with Gasteiger partial charge in [0.2, 0.25) is 0 Å². The Labute approximate surface area is 90.3 Å². The maximum absolute atomic E-state index is 11.5. The first-order chi connectivity index (χ1) is 6.95. The average Bonchev–Trinajstić information content (AvgIpc) is 2.20. The summed E-state index contributed by atoms with van der Waals surface area (Å²) in [6.07, 6.45) is 2.92. The first-order valence-corrected chi connectivity index (χ1v) is 5.17. The summed E-state index contributed by atoms with van der Waals surface area (Å²) in [5.41, 5.74) is 0.316. The molecule has 80 valence electrons. The van der Waals surface area contributed by atoms with Crippen LogP contribution in [0, 0.1) is 28.1 Å². The molecule has 1 aliphatic carbocycles. The SMILES string of the molecule is CCC1CC(=O)C(C#N)=CC1(C)C(C)=N. The molecule has 2 atom stereocenters. The van der Waals surface area contributed by atoms with Crippen molar-refractivity contribution in [3.05, 3.63) is 11.6 Å². The Bertz CT molecular complexity index is 376. The van der Waals surface area contributed by atoms with Gasteiger partial charge in [-0.15, -0.1) is 0 Å². The topological polar surface area (TPSA) is 64.7 Å². The molecule has 15 heavy (non-hydrogen) atoms. The molecule has 1 N–H and O–H groups in total. The molecule has 1 aliphatic rings. The molecule has 0 aromatic rings. The van der Waals surface area contributed by atoms with Crippen LogP contribution in [0.15, 0.2) is 11.6 Å². The average molecular weight is 204 g/mol. The van der Waals surface area contributed by atoms with Crippen LogP contribution in [0.5, 0.6) is 0 Å². The molecular formula is C12H16N2O. The molecular weight excluding hydrogens is 188 g/mol. The van der Waals surface area contributed by atoms with Gasteiger partial charge in [0.1, 0.15) is 6.07 Å². The molecule has 0 aliphatic heterocycles. The molecule has 0 spiro atoms. The highest BCUT2D eigenvalue weighted by molar-refractivity contribution is 6.03. The number of carbonyl (C=O) groups is 1. The smallest absolute Gasteiger partial charge is 0.173 e. The Balaban J connectivity index is 3.23. The Hall–Kier alpha value is -1.43. The number of ketones is 1. The zero-order valence-corrected chi connectivity index (χ0v) is 9.42. The number of carbonyl (C=O) groups excluding carboxylic acids is 1. The Morgan fingerprint density at radius 2 is 2.40 bits per heavy atom. The van der Waals surface area contributed by atoms with Gasteiger partial charge in [-0.25, -0.2) is 0 Å². The third-order valence-electron chi connectivity index (χ3n) is 3.45. The molecule has 1 rings (SSSR count). The van der Waals surface area contributed by atoms with Gasteiger partial charge >= 0.3 is 0 Å². The first-order valence-electron chi connectivity index (χ1n) is 5.17. The summed E-state index contributed by atoms with van der Waals surface area (Å²) in [5, 5.41) is 16.6. The highest BCUT2D eigenvalue weighted by atomic mass is 16.1. The molecule has 0 saturated heterocycles. The van der Waals surface area contributed by atoms with Gasteiger partial charge in [0.25, 0.3) is 0 Å². The lowest BCUT2D eigenvalue weighted by Gasteiger charge is -2.37. The fraction of sp³-hybridized carbons (Fsp3) is 0.583. The van der Waals surface area contributed by atoms with Crippen LogP contribution in [-0.2, 0) is 4.79 Å². The van der Waals surface area contributed by atoms with E-state index in [0.29, 0.717) is 12.1 Å². The summed E-state index contributed by atoms with van der Waals surface area (Å²) in [6, 6.07) is 1.92. The van der Waals surface area contributed by atoms with Crippen LogP contribution in [0.25, 0.3) is 0 Å². The monoisotopic (exact) mass is 204 g/mol. The number of nitriles is 1. The minimum atomic E-state index is -0.423. The second-order valence-electron chi connectivity index (χ2n) is 4.31. The van der Waals surface area contributed by atoms with Crippen LogP contribution in [0.3, 0.4) is 0 Å². The second-order valence-corrected chi connectivity index (χ2v) is 4.31. The number of nitrogens with zero attached hydrogens (tertiary/aromatic N) is 1. The minimum absolute atomic E-state index is 0.0805. The molecule has 0 amide bonds. The van der Waals surface area contributed by atoms with Crippen molar-refractivity contribution in [2.45, 2.75) is 33.6 Å². The Morgan fingerprint density at radius 3 is 2.80 bits per heavy atom. The third kappa shape index (κ3) is 1.85. The summed E-state index contributed by atoms with van der Waals surface area (Å²) in [7, 11) is 0. The second kappa shape index (κ2) is 3.98. The maximum Gasteiger partial charge on any atom is 0.173 e. The van der Waals surface area contributed by atoms with Crippen molar-refractivity contribution in [1.29, 1.82) is 10.7 Å². The summed E-state index contributed by atoms with van der Waals surface area (Å²) < 4.78 is 0. The van der Waals surface area contributed by atoms with E-state index >= 15 is 0 Å². The summed E-state index contributed by atoms with van der Waals surface area (Å²) in [6.45, 7) is 5.70. The van der Waals surface area contributed by atoms with Crippen LogP contribution in [0.2, 0.25) is 0 Å². The van der Waals surface area contributed by atoms with E-state index in [1.807, 2.05) is 19.9 Å². The zero-order valence-electron chi connectivity index (χ0n) is 9.42. The lowest BCUT2D eigenvalue weighted by atomic mass is 9.66. The predicted molar refractivity (Wildman–Crippen MR) is 58.6 cm³/mol. The van der Waals surface area contributed by atoms with Crippen molar-refractivity contribution in [3.8, 4) is 6.07 Å². The number of nitrogens with one attached hydrogen (secondary N) is 1. The van der Waals surface area contributed by atoms with Crippen LogP contribution in [0.4, 0.5) is 0 Å². The number of hydrogen-bond acceptors (Lipinski definition) is 3. The summed E-state index contributed by atoms with van der Waals surface area (Å²) in [5.74, 6) is 0.0719. The van der Waals surface area contributed by atoms with Gasteiger partial charge in [-0.1, -0.05) is 26.3 Å². The van der Waals surface area contributed by atoms with Crippen molar-refractivity contribution >= 4 is 11.5 Å². The van der Waals surface area contributed by atoms with E-state index in [-0.39, 0.29) is 17.3 Å². The van der Waals surface area contributed by atoms with E-state index in [0.717, 1.165) is 6.42 Å². The lowest BCUT2D eigenvalue weighted by molar-refractivity contribution is -0.117. The standard InChI is InChI=1S/C12H16N2O/c1-4-10-5-11(15)9(7-13)6-12(10,3)8(2)14/h6,10,14H,4-5H2,1-3H3. The van der Waals surface area contributed by atoms with E-state index in [1.54, 1.807) is 13.0 Å². The molecule has 0 heterocycles. The normalized spacial score (nSPS) is 30.7. The van der Waals surface area contributed by atoms with Gasteiger partial charge in [-0.05, 0) is 12.8 Å². The van der Waals surface area contributed by atoms with Gasteiger partial charge in [0.05, 0.1) is 5.57 Å². The highest BCUT2D eigenvalue weighted by Crippen LogP contribution is 2.40. The van der Waals surface area contributed by atoms with Crippen molar-refractivity contribution < 1.29 is 4.79 Å². The summed E-state index contributed by atoms with van der Waals surface area (Å²) in [4.78, 5) is 11.5. The predicted octanol–water partition coefficient (Wildman–Crippen LogP) is 2.48. The van der Waals surface area contributed by atoms with Crippen molar-refractivity contribution in [2.75, 3.05) is 0 Å². The van der Waals surface area contributed by atoms with Crippen LogP contribution in [-0.4, -0.2) is 11.5 Å². The minimum Gasteiger partial charge on any atom is -0.309 e. The zero-order chi connectivity index (χ0) is 11.6. The Morgan fingerprint density at radius 1 is 1.80 bits per heavy atom. The van der Waals surface area contributed by atoms with E-state index in [4.69, 9.17) is 10.7 Å². The van der Waals surface area contributed by atoms with Crippen molar-refractivity contribution in [3.63, 3.8) is 0 Å². The van der Waals surface area contributed by atoms with E-state index in [2.05, 4.69) is 0 Å². The first kappa shape index (κ1) is 11.6.